The topological polar surface area (TPSA) is 57.6 Å². The highest BCUT2D eigenvalue weighted by molar-refractivity contribution is 5.97. The van der Waals surface area contributed by atoms with E-state index in [4.69, 9.17) is 0 Å². The van der Waals surface area contributed by atoms with Gasteiger partial charge in [-0.15, -0.1) is 0 Å². The van der Waals surface area contributed by atoms with Crippen molar-refractivity contribution in [2.24, 2.45) is 5.92 Å². The summed E-state index contributed by atoms with van der Waals surface area (Å²) in [7, 11) is 0. The van der Waals surface area contributed by atoms with Crippen molar-refractivity contribution in [1.29, 1.82) is 0 Å². The number of carbonyl (C=O) groups is 2. The van der Waals surface area contributed by atoms with Crippen LogP contribution in [0.2, 0.25) is 0 Å². The summed E-state index contributed by atoms with van der Waals surface area (Å²) in [6.45, 7) is 4.61. The summed E-state index contributed by atoms with van der Waals surface area (Å²) >= 11 is 0. The zero-order valence-electron chi connectivity index (χ0n) is 13.4. The number of likely N-dealkylation sites (tertiary alicyclic amines) is 1. The van der Waals surface area contributed by atoms with Crippen molar-refractivity contribution in [2.45, 2.75) is 51.7 Å². The molecule has 1 aromatic rings. The molecule has 120 valence electrons. The lowest BCUT2D eigenvalue weighted by Gasteiger charge is -2.30. The van der Waals surface area contributed by atoms with Crippen LogP contribution in [0.5, 0.6) is 0 Å². The first-order valence-corrected chi connectivity index (χ1v) is 8.06. The van der Waals surface area contributed by atoms with Crippen LogP contribution in [-0.4, -0.2) is 40.4 Å². The maximum absolute atomic E-state index is 12.4. The molecule has 1 fully saturated rings. The molecule has 0 radical (unpaired) electrons. The van der Waals surface area contributed by atoms with Gasteiger partial charge >= 0.3 is 0 Å². The SMILES string of the molecule is CC(C)[C@H](O)[C@@H]1CCCN1C(=O)CCC(=O)c1ccccc1. The van der Waals surface area contributed by atoms with Crippen LogP contribution in [0, 0.1) is 5.92 Å². The smallest absolute Gasteiger partial charge is 0.223 e. The second-order valence-corrected chi connectivity index (χ2v) is 6.32. The van der Waals surface area contributed by atoms with Gasteiger partial charge in [-0.1, -0.05) is 44.2 Å². The van der Waals surface area contributed by atoms with Crippen LogP contribution in [-0.2, 0) is 4.79 Å². The summed E-state index contributed by atoms with van der Waals surface area (Å²) in [5, 5.41) is 10.2. The molecule has 1 aromatic carbocycles. The number of benzene rings is 1. The van der Waals surface area contributed by atoms with Gasteiger partial charge in [-0.05, 0) is 18.8 Å². The summed E-state index contributed by atoms with van der Waals surface area (Å²) in [6.07, 6.45) is 1.72. The fourth-order valence-corrected chi connectivity index (χ4v) is 3.03. The van der Waals surface area contributed by atoms with Crippen molar-refractivity contribution >= 4 is 11.7 Å². The lowest BCUT2D eigenvalue weighted by Crippen LogP contribution is -2.44. The first-order chi connectivity index (χ1) is 10.5. The second kappa shape index (κ2) is 7.54. The number of hydrogen-bond donors (Lipinski definition) is 1. The van der Waals surface area contributed by atoms with Crippen molar-refractivity contribution in [3.05, 3.63) is 35.9 Å². The number of hydrogen-bond acceptors (Lipinski definition) is 3. The van der Waals surface area contributed by atoms with Crippen molar-refractivity contribution in [3.63, 3.8) is 0 Å². The Balaban J connectivity index is 1.90. The lowest BCUT2D eigenvalue weighted by molar-refractivity contribution is -0.134. The number of aliphatic hydroxyl groups excluding tert-OH is 1. The van der Waals surface area contributed by atoms with Gasteiger partial charge in [-0.2, -0.15) is 0 Å². The zero-order chi connectivity index (χ0) is 16.1. The Bertz CT molecular complexity index is 512. The van der Waals surface area contributed by atoms with Gasteiger partial charge in [0, 0.05) is 24.9 Å². The van der Waals surface area contributed by atoms with E-state index in [1.54, 1.807) is 17.0 Å². The Morgan fingerprint density at radius 2 is 1.91 bits per heavy atom. The maximum atomic E-state index is 12.4. The predicted molar refractivity (Wildman–Crippen MR) is 85.6 cm³/mol. The fraction of sp³-hybridized carbons (Fsp3) is 0.556. The standard InChI is InChI=1S/C18H25NO3/c1-13(2)18(22)15-9-6-12-19(15)17(21)11-10-16(20)14-7-4-3-5-8-14/h3-5,7-8,13,15,18,22H,6,9-12H2,1-2H3/t15-,18-/m0/s1. The first kappa shape index (κ1) is 16.7. The Hall–Kier alpha value is -1.68. The van der Waals surface area contributed by atoms with Gasteiger partial charge in [-0.25, -0.2) is 0 Å². The van der Waals surface area contributed by atoms with E-state index in [2.05, 4.69) is 0 Å². The molecule has 0 spiro atoms. The molecule has 2 rings (SSSR count). The van der Waals surface area contributed by atoms with Gasteiger partial charge in [0.2, 0.25) is 5.91 Å². The highest BCUT2D eigenvalue weighted by atomic mass is 16.3. The van der Waals surface area contributed by atoms with Crippen LogP contribution in [0.15, 0.2) is 30.3 Å². The number of amides is 1. The van der Waals surface area contributed by atoms with E-state index < -0.39 is 6.10 Å². The largest absolute Gasteiger partial charge is 0.391 e. The molecular formula is C18H25NO3. The van der Waals surface area contributed by atoms with Crippen LogP contribution in [0.4, 0.5) is 0 Å². The number of aliphatic hydroxyl groups is 1. The number of rotatable bonds is 6. The molecule has 0 unspecified atom stereocenters. The van der Waals surface area contributed by atoms with Crippen LogP contribution in [0.3, 0.4) is 0 Å². The van der Waals surface area contributed by atoms with Crippen molar-refractivity contribution < 1.29 is 14.7 Å². The minimum absolute atomic E-state index is 0.00546. The van der Waals surface area contributed by atoms with Crippen LogP contribution >= 0.6 is 0 Å². The molecular weight excluding hydrogens is 278 g/mol. The molecule has 2 atom stereocenters. The molecule has 4 heteroatoms. The normalized spacial score (nSPS) is 19.5. The van der Waals surface area contributed by atoms with Crippen LogP contribution in [0.1, 0.15) is 49.9 Å². The highest BCUT2D eigenvalue weighted by Gasteiger charge is 2.34. The van der Waals surface area contributed by atoms with Gasteiger partial charge in [0.25, 0.3) is 0 Å². The van der Waals surface area contributed by atoms with E-state index in [0.29, 0.717) is 12.1 Å². The summed E-state index contributed by atoms with van der Waals surface area (Å²) in [5.74, 6) is 0.102. The molecule has 0 aromatic heterocycles. The minimum atomic E-state index is -0.490. The monoisotopic (exact) mass is 303 g/mol. The zero-order valence-corrected chi connectivity index (χ0v) is 13.4. The molecule has 0 saturated carbocycles. The Morgan fingerprint density at radius 1 is 1.23 bits per heavy atom. The quantitative estimate of drug-likeness (QED) is 0.822. The Morgan fingerprint density at radius 3 is 2.55 bits per heavy atom. The molecule has 1 aliphatic heterocycles. The second-order valence-electron chi connectivity index (χ2n) is 6.32. The molecule has 1 aliphatic rings. The summed E-state index contributed by atoms with van der Waals surface area (Å²) in [4.78, 5) is 26.2. The number of nitrogens with zero attached hydrogens (tertiary/aromatic N) is 1. The summed E-state index contributed by atoms with van der Waals surface area (Å²) in [6, 6.07) is 8.96. The van der Waals surface area contributed by atoms with E-state index in [0.717, 1.165) is 12.8 Å². The number of carbonyl (C=O) groups excluding carboxylic acids is 2. The molecule has 1 saturated heterocycles. The van der Waals surface area contributed by atoms with Crippen molar-refractivity contribution in [2.75, 3.05) is 6.54 Å². The highest BCUT2D eigenvalue weighted by Crippen LogP contribution is 2.25. The molecule has 1 heterocycles. The lowest BCUT2D eigenvalue weighted by atomic mass is 9.97. The Labute approximate surface area is 132 Å². The third-order valence-corrected chi connectivity index (χ3v) is 4.36. The van der Waals surface area contributed by atoms with Gasteiger partial charge in [0.05, 0.1) is 12.1 Å². The van der Waals surface area contributed by atoms with E-state index in [9.17, 15) is 14.7 Å². The summed E-state index contributed by atoms with van der Waals surface area (Å²) in [5.41, 5.74) is 0.649. The van der Waals surface area contributed by atoms with E-state index >= 15 is 0 Å². The minimum Gasteiger partial charge on any atom is -0.391 e. The molecule has 0 aliphatic carbocycles. The predicted octanol–water partition coefficient (Wildman–Crippen LogP) is 2.66. The molecule has 0 bridgehead atoms. The molecule has 1 N–H and O–H groups in total. The van der Waals surface area contributed by atoms with Crippen molar-refractivity contribution in [3.8, 4) is 0 Å². The maximum Gasteiger partial charge on any atom is 0.223 e. The summed E-state index contributed by atoms with van der Waals surface area (Å²) < 4.78 is 0. The molecule has 22 heavy (non-hydrogen) atoms. The van der Waals surface area contributed by atoms with Gasteiger partial charge in [0.1, 0.15) is 0 Å². The van der Waals surface area contributed by atoms with Crippen LogP contribution < -0.4 is 0 Å². The average molecular weight is 303 g/mol. The average Bonchev–Trinajstić information content (AvgIpc) is 3.01. The van der Waals surface area contributed by atoms with Gasteiger partial charge in [0.15, 0.2) is 5.78 Å². The molecule has 1 amide bonds. The number of ketones is 1. The Kier molecular flexibility index (Phi) is 5.72. The van der Waals surface area contributed by atoms with Gasteiger partial charge < -0.3 is 10.0 Å². The third kappa shape index (κ3) is 3.95. The van der Waals surface area contributed by atoms with Crippen LogP contribution in [0.25, 0.3) is 0 Å². The van der Waals surface area contributed by atoms with Gasteiger partial charge in [-0.3, -0.25) is 9.59 Å². The first-order valence-electron chi connectivity index (χ1n) is 8.06. The van der Waals surface area contributed by atoms with E-state index in [-0.39, 0.29) is 36.5 Å². The number of Topliss-reactive ketones (excluding diaryl/α,β-unsaturated/α-hetero) is 1. The van der Waals surface area contributed by atoms with E-state index in [1.165, 1.54) is 0 Å². The van der Waals surface area contributed by atoms with Crippen molar-refractivity contribution in [1.82, 2.24) is 4.90 Å². The third-order valence-electron chi connectivity index (χ3n) is 4.36. The fourth-order valence-electron chi connectivity index (χ4n) is 3.03. The molecule has 4 nitrogen and oxygen atoms in total. The van der Waals surface area contributed by atoms with E-state index in [1.807, 2.05) is 32.0 Å².